The van der Waals surface area contributed by atoms with Crippen LogP contribution in [0, 0.1) is 0 Å². The van der Waals surface area contributed by atoms with Crippen molar-refractivity contribution >= 4 is 5.97 Å². The molecule has 3 unspecified atom stereocenters. The van der Waals surface area contributed by atoms with Crippen LogP contribution in [0.3, 0.4) is 0 Å². The van der Waals surface area contributed by atoms with Crippen molar-refractivity contribution in [2.45, 2.75) is 24.8 Å². The molecule has 0 aliphatic carbocycles. The molecule has 1 aliphatic heterocycles. The predicted molar refractivity (Wildman–Crippen MR) is 90.7 cm³/mol. The van der Waals surface area contributed by atoms with Crippen LogP contribution in [0.5, 0.6) is 0 Å². The van der Waals surface area contributed by atoms with E-state index in [1.54, 1.807) is 36.1 Å². The molecule has 11 nitrogen and oxygen atoms in total. The van der Waals surface area contributed by atoms with Gasteiger partial charge < -0.3 is 9.47 Å². The molecule has 1 fully saturated rings. The Labute approximate surface area is 152 Å². The number of rotatable bonds is 5. The number of ether oxygens (including phenoxy) is 2. The van der Waals surface area contributed by atoms with Gasteiger partial charge in [-0.25, -0.2) is 14.2 Å². The molecule has 0 saturated carbocycles. The van der Waals surface area contributed by atoms with Gasteiger partial charge in [-0.1, -0.05) is 5.11 Å². The third-order valence-corrected chi connectivity index (χ3v) is 4.12. The van der Waals surface area contributed by atoms with E-state index >= 15 is 0 Å². The summed E-state index contributed by atoms with van der Waals surface area (Å²) >= 11 is 0. The van der Waals surface area contributed by atoms with Crippen LogP contribution in [-0.4, -0.2) is 34.3 Å². The van der Waals surface area contributed by atoms with Crippen molar-refractivity contribution < 1.29 is 18.8 Å². The van der Waals surface area contributed by atoms with E-state index in [4.69, 9.17) is 15.0 Å². The fourth-order valence-corrected chi connectivity index (χ4v) is 2.83. The predicted octanol–water partition coefficient (Wildman–Crippen LogP) is 0.184. The molecule has 2 aromatic heterocycles. The lowest BCUT2D eigenvalue weighted by Crippen LogP contribution is -2.32. The van der Waals surface area contributed by atoms with Crippen LogP contribution in [0.4, 0.5) is 0 Å². The smallest absolute Gasteiger partial charge is 0.344 e. The fourth-order valence-electron chi connectivity index (χ4n) is 2.83. The van der Waals surface area contributed by atoms with Crippen LogP contribution in [0.15, 0.2) is 51.5 Å². The van der Waals surface area contributed by atoms with E-state index in [2.05, 4.69) is 15.0 Å². The Morgan fingerprint density at radius 2 is 2.33 bits per heavy atom. The normalized spacial score (nSPS) is 21.4. The summed E-state index contributed by atoms with van der Waals surface area (Å²) in [7, 11) is 1.78. The molecule has 11 heteroatoms. The highest BCUT2D eigenvalue weighted by molar-refractivity contribution is 5.88. The number of aryl methyl sites for hydroxylation is 1. The number of aromatic amines is 1. The minimum atomic E-state index is -0.747. The van der Waals surface area contributed by atoms with Crippen molar-refractivity contribution in [3.05, 3.63) is 73.6 Å². The second-order valence-corrected chi connectivity index (χ2v) is 6.01. The summed E-state index contributed by atoms with van der Waals surface area (Å²) in [6.07, 6.45) is 3.44. The Kier molecular flexibility index (Phi) is 5.34. The summed E-state index contributed by atoms with van der Waals surface area (Å²) < 4.78 is 13.9. The van der Waals surface area contributed by atoms with Gasteiger partial charge in [0.1, 0.15) is 31.5 Å². The van der Waals surface area contributed by atoms with Crippen molar-refractivity contribution in [1.29, 1.82) is 0 Å². The molecular weight excluding hydrogens is 356 g/mol. The first-order valence-corrected chi connectivity index (χ1v) is 8.11. The second kappa shape index (κ2) is 7.85. The van der Waals surface area contributed by atoms with E-state index in [0.29, 0.717) is 5.56 Å². The Morgan fingerprint density at radius 1 is 1.52 bits per heavy atom. The number of carbonyl (C=O) groups excluding carboxylic acids is 1. The molecule has 140 valence electrons. The molecule has 0 bridgehead atoms. The largest absolute Gasteiger partial charge is 0.459 e. The highest BCUT2D eigenvalue weighted by atomic mass is 16.6. The standard InChI is InChI=1S/C16H16N6O5/c1-21-5-2-3-10(8-21)15(24)26-9-12-11(19-20-17)7-14(27-12)22-6-4-13(23)18-16(22)25/h2-6,8,11-12,14H,7,9H2,1H3/p+1. The monoisotopic (exact) mass is 373 g/mol. The molecule has 1 saturated heterocycles. The summed E-state index contributed by atoms with van der Waals surface area (Å²) in [5, 5.41) is 3.67. The average molecular weight is 373 g/mol. The Balaban J connectivity index is 1.72. The van der Waals surface area contributed by atoms with E-state index in [9.17, 15) is 14.4 Å². The van der Waals surface area contributed by atoms with Crippen LogP contribution < -0.4 is 15.8 Å². The zero-order valence-corrected chi connectivity index (χ0v) is 14.4. The maximum atomic E-state index is 12.2. The third kappa shape index (κ3) is 4.22. The van der Waals surface area contributed by atoms with Gasteiger partial charge in [0.2, 0.25) is 0 Å². The van der Waals surface area contributed by atoms with Crippen LogP contribution in [0.1, 0.15) is 23.0 Å². The number of carbonyl (C=O) groups is 1. The van der Waals surface area contributed by atoms with Crippen LogP contribution in [-0.2, 0) is 16.5 Å². The van der Waals surface area contributed by atoms with E-state index < -0.39 is 35.6 Å². The molecule has 1 aliphatic rings. The van der Waals surface area contributed by atoms with Crippen LogP contribution in [0.25, 0.3) is 10.4 Å². The number of hydrogen-bond donors (Lipinski definition) is 1. The van der Waals surface area contributed by atoms with Gasteiger partial charge in [-0.05, 0) is 11.6 Å². The lowest BCUT2D eigenvalue weighted by atomic mass is 10.1. The highest BCUT2D eigenvalue weighted by Gasteiger charge is 2.37. The fraction of sp³-hybridized carbons (Fsp3) is 0.375. The summed E-state index contributed by atoms with van der Waals surface area (Å²) in [6.45, 7) is -0.143. The molecule has 0 aromatic carbocycles. The molecule has 3 atom stereocenters. The van der Waals surface area contributed by atoms with E-state index in [1.165, 1.54) is 16.8 Å². The minimum Gasteiger partial charge on any atom is -0.459 e. The number of aromatic nitrogens is 3. The Bertz CT molecular complexity index is 1010. The Hall–Kier alpha value is -3.43. The van der Waals surface area contributed by atoms with Gasteiger partial charge in [0, 0.05) is 29.7 Å². The van der Waals surface area contributed by atoms with Gasteiger partial charge in [0.05, 0.1) is 6.04 Å². The number of hydrogen-bond acceptors (Lipinski definition) is 6. The van der Waals surface area contributed by atoms with Gasteiger partial charge in [-0.2, -0.15) is 0 Å². The zero-order chi connectivity index (χ0) is 19.4. The topological polar surface area (TPSA) is 143 Å². The van der Waals surface area contributed by atoms with Crippen molar-refractivity contribution in [2.24, 2.45) is 12.2 Å². The lowest BCUT2D eigenvalue weighted by molar-refractivity contribution is -0.671. The second-order valence-electron chi connectivity index (χ2n) is 6.01. The number of esters is 1. The first-order chi connectivity index (χ1) is 13.0. The lowest BCUT2D eigenvalue weighted by Gasteiger charge is -2.16. The van der Waals surface area contributed by atoms with Gasteiger partial charge >= 0.3 is 11.7 Å². The van der Waals surface area contributed by atoms with Gasteiger partial charge in [0.15, 0.2) is 12.4 Å². The summed E-state index contributed by atoms with van der Waals surface area (Å²) in [4.78, 5) is 40.2. The molecule has 2 aromatic rings. The molecule has 0 spiro atoms. The average Bonchev–Trinajstić information content (AvgIpc) is 3.02. The molecule has 3 heterocycles. The molecule has 0 radical (unpaired) electrons. The van der Waals surface area contributed by atoms with Gasteiger partial charge in [-0.15, -0.1) is 0 Å². The summed E-state index contributed by atoms with van der Waals surface area (Å²) in [6, 6.07) is 3.89. The van der Waals surface area contributed by atoms with Crippen molar-refractivity contribution in [1.82, 2.24) is 9.55 Å². The van der Waals surface area contributed by atoms with Crippen molar-refractivity contribution in [3.63, 3.8) is 0 Å². The quantitative estimate of drug-likeness (QED) is 0.261. The molecule has 3 rings (SSSR count). The van der Waals surface area contributed by atoms with Crippen molar-refractivity contribution in [3.8, 4) is 0 Å². The van der Waals surface area contributed by atoms with Gasteiger partial charge in [0.25, 0.3) is 5.56 Å². The summed E-state index contributed by atoms with van der Waals surface area (Å²) in [5.74, 6) is -0.542. The summed E-state index contributed by atoms with van der Waals surface area (Å²) in [5.41, 5.74) is 7.96. The number of nitrogens with one attached hydrogen (secondary N) is 1. The number of azide groups is 1. The van der Waals surface area contributed by atoms with Crippen molar-refractivity contribution in [2.75, 3.05) is 6.61 Å². The van der Waals surface area contributed by atoms with Gasteiger partial charge in [-0.3, -0.25) is 14.3 Å². The zero-order valence-electron chi connectivity index (χ0n) is 14.4. The van der Waals surface area contributed by atoms with E-state index in [1.807, 2.05) is 0 Å². The highest BCUT2D eigenvalue weighted by Crippen LogP contribution is 2.30. The maximum Gasteiger partial charge on any atom is 0.344 e. The van der Waals surface area contributed by atoms with E-state index in [0.717, 1.165) is 0 Å². The molecule has 1 N–H and O–H groups in total. The van der Waals surface area contributed by atoms with Crippen LogP contribution >= 0.6 is 0 Å². The minimum absolute atomic E-state index is 0.143. The van der Waals surface area contributed by atoms with Crippen LogP contribution in [0.2, 0.25) is 0 Å². The Morgan fingerprint density at radius 3 is 3.04 bits per heavy atom. The third-order valence-electron chi connectivity index (χ3n) is 4.12. The number of pyridine rings is 1. The maximum absolute atomic E-state index is 12.2. The SMILES string of the molecule is C[n+]1cccc(C(=O)OCC2OC(n3ccc(=O)[nH]c3=O)CC2N=[N+]=[N-])c1. The van der Waals surface area contributed by atoms with E-state index in [-0.39, 0.29) is 13.0 Å². The number of H-pyrrole nitrogens is 1. The molecular formula is C16H17N6O5+. The molecule has 27 heavy (non-hydrogen) atoms. The molecule has 0 amide bonds. The number of nitrogens with zero attached hydrogens (tertiary/aromatic N) is 5. The first kappa shape index (κ1) is 18.4. The first-order valence-electron chi connectivity index (χ1n) is 8.11.